The molecule has 0 saturated carbocycles. The van der Waals surface area contributed by atoms with Gasteiger partial charge in [0.15, 0.2) is 0 Å². The Balaban J connectivity index is 1.99. The number of carbonyl (C=O) groups is 1. The number of aromatic nitrogens is 3. The lowest BCUT2D eigenvalue weighted by Crippen LogP contribution is -2.10. The molecule has 0 fully saturated rings. The van der Waals surface area contributed by atoms with Gasteiger partial charge in [-0.05, 0) is 25.0 Å². The largest absolute Gasteiger partial charge is 0.370 e. The molecule has 1 amide bonds. The van der Waals surface area contributed by atoms with E-state index in [1.807, 2.05) is 30.3 Å². The molecule has 0 atom stereocenters. The lowest BCUT2D eigenvalue weighted by molar-refractivity contribution is -0.118. The van der Waals surface area contributed by atoms with Gasteiger partial charge in [0, 0.05) is 6.42 Å². The zero-order valence-corrected chi connectivity index (χ0v) is 9.41. The van der Waals surface area contributed by atoms with Gasteiger partial charge in [-0.1, -0.05) is 18.2 Å². The van der Waals surface area contributed by atoms with Crippen LogP contribution in [0.1, 0.15) is 18.5 Å². The molecule has 17 heavy (non-hydrogen) atoms. The molecular weight excluding hydrogens is 216 g/mol. The average Bonchev–Trinajstić information content (AvgIpc) is 2.78. The number of benzene rings is 1. The molecule has 5 heteroatoms. The summed E-state index contributed by atoms with van der Waals surface area (Å²) < 4.78 is 0. The van der Waals surface area contributed by atoms with Gasteiger partial charge in [-0.15, -0.1) is 0 Å². The Labute approximate surface area is 99.2 Å². The summed E-state index contributed by atoms with van der Waals surface area (Å²) in [6, 6.07) is 9.69. The van der Waals surface area contributed by atoms with Crippen molar-refractivity contribution in [3.05, 3.63) is 42.2 Å². The Hall–Kier alpha value is -2.17. The lowest BCUT2D eigenvalue weighted by atomic mass is 10.2. The zero-order valence-electron chi connectivity index (χ0n) is 9.41. The van der Waals surface area contributed by atoms with Crippen molar-refractivity contribution in [3.8, 4) is 5.69 Å². The molecule has 0 aliphatic carbocycles. The quantitative estimate of drug-likeness (QED) is 0.835. The van der Waals surface area contributed by atoms with Crippen molar-refractivity contribution >= 4 is 5.91 Å². The van der Waals surface area contributed by atoms with Crippen LogP contribution >= 0.6 is 0 Å². The van der Waals surface area contributed by atoms with Gasteiger partial charge in [0.05, 0.1) is 17.6 Å². The Morgan fingerprint density at radius 2 is 2.06 bits per heavy atom. The molecule has 88 valence electrons. The van der Waals surface area contributed by atoms with E-state index in [0.29, 0.717) is 12.8 Å². The summed E-state index contributed by atoms with van der Waals surface area (Å²) in [5.74, 6) is -0.277. The molecule has 2 rings (SSSR count). The predicted molar refractivity (Wildman–Crippen MR) is 63.5 cm³/mol. The normalized spacial score (nSPS) is 10.4. The van der Waals surface area contributed by atoms with Crippen LogP contribution in [-0.4, -0.2) is 20.9 Å². The van der Waals surface area contributed by atoms with Crippen molar-refractivity contribution in [3.63, 3.8) is 0 Å². The summed E-state index contributed by atoms with van der Waals surface area (Å²) in [6.45, 7) is 0. The van der Waals surface area contributed by atoms with E-state index >= 15 is 0 Å². The van der Waals surface area contributed by atoms with Gasteiger partial charge in [0.1, 0.15) is 0 Å². The second kappa shape index (κ2) is 5.25. The first-order valence-corrected chi connectivity index (χ1v) is 5.50. The van der Waals surface area contributed by atoms with Crippen LogP contribution < -0.4 is 5.73 Å². The van der Waals surface area contributed by atoms with Gasteiger partial charge < -0.3 is 5.73 Å². The van der Waals surface area contributed by atoms with Crippen LogP contribution in [0, 0.1) is 0 Å². The number of primary amides is 1. The summed E-state index contributed by atoms with van der Waals surface area (Å²) in [5, 5.41) is 8.50. The molecule has 2 aromatic rings. The van der Waals surface area contributed by atoms with Crippen molar-refractivity contribution < 1.29 is 4.79 Å². The fraction of sp³-hybridized carbons (Fsp3) is 0.250. The van der Waals surface area contributed by atoms with E-state index < -0.39 is 0 Å². The van der Waals surface area contributed by atoms with Gasteiger partial charge in [-0.3, -0.25) is 4.79 Å². The highest BCUT2D eigenvalue weighted by Crippen LogP contribution is 2.06. The topological polar surface area (TPSA) is 73.8 Å². The van der Waals surface area contributed by atoms with Crippen molar-refractivity contribution in [1.29, 1.82) is 0 Å². The van der Waals surface area contributed by atoms with Crippen molar-refractivity contribution in [2.24, 2.45) is 5.73 Å². The van der Waals surface area contributed by atoms with Crippen LogP contribution in [0.3, 0.4) is 0 Å². The van der Waals surface area contributed by atoms with Crippen molar-refractivity contribution in [1.82, 2.24) is 15.0 Å². The molecule has 0 spiro atoms. The number of hydrogen-bond acceptors (Lipinski definition) is 3. The molecule has 0 bridgehead atoms. The fourth-order valence-electron chi connectivity index (χ4n) is 1.54. The van der Waals surface area contributed by atoms with Crippen molar-refractivity contribution in [2.75, 3.05) is 0 Å². The molecule has 0 unspecified atom stereocenters. The Morgan fingerprint density at radius 3 is 2.76 bits per heavy atom. The van der Waals surface area contributed by atoms with E-state index in [1.165, 1.54) is 0 Å². The van der Waals surface area contributed by atoms with E-state index in [-0.39, 0.29) is 5.91 Å². The summed E-state index contributed by atoms with van der Waals surface area (Å²) >= 11 is 0. The molecule has 0 aliphatic rings. The molecule has 2 N–H and O–H groups in total. The summed E-state index contributed by atoms with van der Waals surface area (Å²) in [5.41, 5.74) is 6.87. The van der Waals surface area contributed by atoms with Gasteiger partial charge in [0.2, 0.25) is 5.91 Å². The first-order chi connectivity index (χ1) is 8.25. The Kier molecular flexibility index (Phi) is 3.49. The van der Waals surface area contributed by atoms with Crippen LogP contribution in [0.2, 0.25) is 0 Å². The molecule has 0 aliphatic heterocycles. The maximum atomic E-state index is 10.6. The minimum absolute atomic E-state index is 0.277. The predicted octanol–water partition coefficient (Wildman–Crippen LogP) is 1.08. The second-order valence-electron chi connectivity index (χ2n) is 3.78. The standard InChI is InChI=1S/C12H14N4O/c13-12(17)8-4-5-10-9-14-16(15-10)11-6-2-1-3-7-11/h1-3,6-7,9H,4-5,8H2,(H2,13,17). The highest BCUT2D eigenvalue weighted by molar-refractivity contribution is 5.73. The number of carbonyl (C=O) groups excluding carboxylic acids is 1. The maximum absolute atomic E-state index is 10.6. The average molecular weight is 230 g/mol. The number of hydrogen-bond donors (Lipinski definition) is 1. The fourth-order valence-corrected chi connectivity index (χ4v) is 1.54. The van der Waals surface area contributed by atoms with Crippen LogP contribution in [0.4, 0.5) is 0 Å². The first kappa shape index (κ1) is 11.3. The SMILES string of the molecule is NC(=O)CCCc1cnn(-c2ccccc2)n1. The van der Waals surface area contributed by atoms with Crippen LogP contribution in [0.5, 0.6) is 0 Å². The van der Waals surface area contributed by atoms with E-state index in [1.54, 1.807) is 11.0 Å². The van der Waals surface area contributed by atoms with Gasteiger partial charge >= 0.3 is 0 Å². The highest BCUT2D eigenvalue weighted by atomic mass is 16.1. The second-order valence-corrected chi connectivity index (χ2v) is 3.78. The first-order valence-electron chi connectivity index (χ1n) is 5.50. The summed E-state index contributed by atoms with van der Waals surface area (Å²) in [4.78, 5) is 12.2. The van der Waals surface area contributed by atoms with Gasteiger partial charge in [0.25, 0.3) is 0 Å². The smallest absolute Gasteiger partial charge is 0.217 e. The van der Waals surface area contributed by atoms with Crippen LogP contribution in [0.25, 0.3) is 5.69 Å². The molecule has 1 aromatic carbocycles. The van der Waals surface area contributed by atoms with E-state index in [9.17, 15) is 4.79 Å². The van der Waals surface area contributed by atoms with Crippen LogP contribution in [0.15, 0.2) is 36.5 Å². The zero-order chi connectivity index (χ0) is 12.1. The van der Waals surface area contributed by atoms with Gasteiger partial charge in [-0.2, -0.15) is 15.0 Å². The van der Waals surface area contributed by atoms with Gasteiger partial charge in [-0.25, -0.2) is 0 Å². The van der Waals surface area contributed by atoms with E-state index in [0.717, 1.165) is 17.8 Å². The number of nitrogens with zero attached hydrogens (tertiary/aromatic N) is 3. The minimum Gasteiger partial charge on any atom is -0.370 e. The van der Waals surface area contributed by atoms with Crippen LogP contribution in [-0.2, 0) is 11.2 Å². The van der Waals surface area contributed by atoms with E-state index in [4.69, 9.17) is 5.73 Å². The third-order valence-corrected chi connectivity index (χ3v) is 2.38. The molecule has 0 radical (unpaired) electrons. The van der Waals surface area contributed by atoms with E-state index in [2.05, 4.69) is 10.2 Å². The molecule has 5 nitrogen and oxygen atoms in total. The lowest BCUT2D eigenvalue weighted by Gasteiger charge is -1.97. The Morgan fingerprint density at radius 1 is 1.29 bits per heavy atom. The third kappa shape index (κ3) is 3.14. The number of nitrogens with two attached hydrogens (primary N) is 1. The monoisotopic (exact) mass is 230 g/mol. The number of para-hydroxylation sites is 1. The maximum Gasteiger partial charge on any atom is 0.217 e. The number of aryl methyl sites for hydroxylation is 1. The van der Waals surface area contributed by atoms with Crippen molar-refractivity contribution in [2.45, 2.75) is 19.3 Å². The molecule has 1 aromatic heterocycles. The minimum atomic E-state index is -0.277. The third-order valence-electron chi connectivity index (χ3n) is 2.38. The number of amides is 1. The summed E-state index contributed by atoms with van der Waals surface area (Å²) in [6.07, 6.45) is 3.53. The molecule has 0 saturated heterocycles. The molecule has 1 heterocycles. The molecular formula is C12H14N4O. The summed E-state index contributed by atoms with van der Waals surface area (Å²) in [7, 11) is 0. The number of rotatable bonds is 5. The Bertz CT molecular complexity index is 492. The highest BCUT2D eigenvalue weighted by Gasteiger charge is 2.03.